The van der Waals surface area contributed by atoms with E-state index in [9.17, 15) is 0 Å². The Hall–Kier alpha value is -0.930. The van der Waals surface area contributed by atoms with E-state index < -0.39 is 0 Å². The van der Waals surface area contributed by atoms with Crippen LogP contribution in [0.25, 0.3) is 0 Å². The number of aliphatic imine (C=N–C) groups is 1. The number of nitrogens with zero attached hydrogens (tertiary/aromatic N) is 1. The number of rotatable bonds is 4. The summed E-state index contributed by atoms with van der Waals surface area (Å²) < 4.78 is 0. The minimum atomic E-state index is 0. The first kappa shape index (κ1) is 13.5. The second-order valence-corrected chi connectivity index (χ2v) is 4.97. The molecule has 5 heteroatoms. The first-order valence-electron chi connectivity index (χ1n) is 6.14. The van der Waals surface area contributed by atoms with E-state index in [1.54, 1.807) is 0 Å². The van der Waals surface area contributed by atoms with Crippen molar-refractivity contribution in [2.24, 2.45) is 4.99 Å². The molecule has 0 bridgehead atoms. The van der Waals surface area contributed by atoms with Crippen molar-refractivity contribution < 1.29 is 0 Å². The molecule has 1 aliphatic carbocycles. The minimum Gasteiger partial charge on any atom is -0.377 e. The van der Waals surface area contributed by atoms with Gasteiger partial charge >= 0.3 is 0 Å². The van der Waals surface area contributed by atoms with Gasteiger partial charge in [0.05, 0.1) is 23.8 Å². The van der Waals surface area contributed by atoms with Crippen LogP contribution in [0.15, 0.2) is 23.2 Å². The molecule has 2 N–H and O–H groups in total. The van der Waals surface area contributed by atoms with Crippen LogP contribution in [0.2, 0.25) is 5.02 Å². The maximum Gasteiger partial charge on any atom is 0.116 e. The van der Waals surface area contributed by atoms with Crippen LogP contribution < -0.4 is 10.6 Å². The fourth-order valence-electron chi connectivity index (χ4n) is 2.14. The summed E-state index contributed by atoms with van der Waals surface area (Å²) in [5.74, 6) is 1.71. The second kappa shape index (κ2) is 5.81. The van der Waals surface area contributed by atoms with Gasteiger partial charge in [-0.2, -0.15) is 0 Å². The Morgan fingerprint density at radius 1 is 1.39 bits per heavy atom. The van der Waals surface area contributed by atoms with Gasteiger partial charge in [-0.05, 0) is 30.4 Å². The molecule has 98 valence electrons. The fourth-order valence-corrected chi connectivity index (χ4v) is 2.49. The molecular weight excluding hydrogens is 269 g/mol. The van der Waals surface area contributed by atoms with Crippen LogP contribution >= 0.6 is 24.0 Å². The normalized spacial score (nSPS) is 17.7. The molecule has 18 heavy (non-hydrogen) atoms. The zero-order valence-electron chi connectivity index (χ0n) is 10.1. The number of halogens is 2. The van der Waals surface area contributed by atoms with Gasteiger partial charge in [-0.15, -0.1) is 12.4 Å². The number of amidine groups is 1. The molecule has 0 radical (unpaired) electrons. The van der Waals surface area contributed by atoms with Crippen LogP contribution in [-0.4, -0.2) is 25.5 Å². The lowest BCUT2D eigenvalue weighted by molar-refractivity contribution is 0.956. The van der Waals surface area contributed by atoms with Crippen molar-refractivity contribution in [1.29, 1.82) is 0 Å². The van der Waals surface area contributed by atoms with E-state index in [1.165, 1.54) is 18.4 Å². The largest absolute Gasteiger partial charge is 0.377 e. The molecule has 2 aliphatic rings. The molecule has 1 fully saturated rings. The Morgan fingerprint density at radius 3 is 2.89 bits per heavy atom. The minimum absolute atomic E-state index is 0. The topological polar surface area (TPSA) is 36.4 Å². The van der Waals surface area contributed by atoms with E-state index in [-0.39, 0.29) is 12.4 Å². The first-order valence-corrected chi connectivity index (χ1v) is 6.52. The third-order valence-corrected chi connectivity index (χ3v) is 3.66. The molecule has 3 nitrogen and oxygen atoms in total. The van der Waals surface area contributed by atoms with Crippen molar-refractivity contribution in [1.82, 2.24) is 5.32 Å². The van der Waals surface area contributed by atoms with Gasteiger partial charge in [0.1, 0.15) is 5.84 Å². The highest BCUT2D eigenvalue weighted by atomic mass is 35.5. The molecule has 3 rings (SSSR count). The monoisotopic (exact) mass is 285 g/mol. The Kier molecular flexibility index (Phi) is 4.36. The number of nitrogens with one attached hydrogen (secondary N) is 2. The predicted octanol–water partition coefficient (Wildman–Crippen LogP) is 3.05. The van der Waals surface area contributed by atoms with E-state index >= 15 is 0 Å². The van der Waals surface area contributed by atoms with Crippen molar-refractivity contribution in [3.05, 3.63) is 28.8 Å². The fraction of sp³-hybridized carbons (Fsp3) is 0.462. The van der Waals surface area contributed by atoms with Crippen LogP contribution in [0.4, 0.5) is 5.69 Å². The molecule has 0 spiro atoms. The SMILES string of the molecule is Cl.Clc1c(NCC2=NCCN2)cccc1C1CC1. The summed E-state index contributed by atoms with van der Waals surface area (Å²) in [7, 11) is 0. The summed E-state index contributed by atoms with van der Waals surface area (Å²) in [4.78, 5) is 4.35. The average molecular weight is 286 g/mol. The molecule has 0 atom stereocenters. The van der Waals surface area contributed by atoms with Crippen molar-refractivity contribution in [2.45, 2.75) is 18.8 Å². The quantitative estimate of drug-likeness (QED) is 0.892. The second-order valence-electron chi connectivity index (χ2n) is 4.59. The van der Waals surface area contributed by atoms with Crippen LogP contribution in [0.5, 0.6) is 0 Å². The maximum atomic E-state index is 6.41. The summed E-state index contributed by atoms with van der Waals surface area (Å²) in [5, 5.41) is 7.48. The van der Waals surface area contributed by atoms with Gasteiger partial charge in [-0.1, -0.05) is 23.7 Å². The molecule has 1 saturated carbocycles. The predicted molar refractivity (Wildman–Crippen MR) is 79.5 cm³/mol. The van der Waals surface area contributed by atoms with Crippen LogP contribution in [0, 0.1) is 0 Å². The van der Waals surface area contributed by atoms with Crippen LogP contribution in [0.1, 0.15) is 24.3 Å². The number of hydrogen-bond acceptors (Lipinski definition) is 3. The van der Waals surface area contributed by atoms with Gasteiger partial charge in [0, 0.05) is 6.54 Å². The summed E-state index contributed by atoms with van der Waals surface area (Å²) in [5.41, 5.74) is 2.31. The maximum absolute atomic E-state index is 6.41. The smallest absolute Gasteiger partial charge is 0.116 e. The third-order valence-electron chi connectivity index (χ3n) is 3.24. The van der Waals surface area contributed by atoms with Crippen molar-refractivity contribution in [3.8, 4) is 0 Å². The zero-order chi connectivity index (χ0) is 11.7. The lowest BCUT2D eigenvalue weighted by atomic mass is 10.1. The molecule has 0 saturated heterocycles. The first-order chi connectivity index (χ1) is 8.34. The summed E-state index contributed by atoms with van der Waals surface area (Å²) in [6, 6.07) is 6.24. The molecule has 0 aromatic heterocycles. The van der Waals surface area contributed by atoms with Crippen molar-refractivity contribution in [3.63, 3.8) is 0 Å². The Balaban J connectivity index is 0.00000120. The van der Waals surface area contributed by atoms with E-state index in [0.717, 1.165) is 36.2 Å². The standard InChI is InChI=1S/C13H16ClN3.ClH/c14-13-10(9-4-5-9)2-1-3-11(13)17-8-12-15-6-7-16-12;/h1-3,9,17H,4-8H2,(H,15,16);1H. The van der Waals surface area contributed by atoms with E-state index in [4.69, 9.17) is 11.6 Å². The highest BCUT2D eigenvalue weighted by molar-refractivity contribution is 6.34. The number of hydrogen-bond donors (Lipinski definition) is 2. The summed E-state index contributed by atoms with van der Waals surface area (Å²) in [6.45, 7) is 2.56. The summed E-state index contributed by atoms with van der Waals surface area (Å²) >= 11 is 6.41. The lowest BCUT2D eigenvalue weighted by Crippen LogP contribution is -2.26. The van der Waals surface area contributed by atoms with Gasteiger partial charge in [-0.25, -0.2) is 0 Å². The molecular formula is C13H17Cl2N3. The van der Waals surface area contributed by atoms with Gasteiger partial charge in [0.25, 0.3) is 0 Å². The van der Waals surface area contributed by atoms with E-state index in [1.807, 2.05) is 6.07 Å². The molecule has 0 amide bonds. The van der Waals surface area contributed by atoms with Gasteiger partial charge in [0.15, 0.2) is 0 Å². The summed E-state index contributed by atoms with van der Waals surface area (Å²) in [6.07, 6.45) is 2.55. The van der Waals surface area contributed by atoms with Gasteiger partial charge < -0.3 is 10.6 Å². The number of anilines is 1. The van der Waals surface area contributed by atoms with Gasteiger partial charge in [-0.3, -0.25) is 4.99 Å². The Morgan fingerprint density at radius 2 is 2.22 bits per heavy atom. The van der Waals surface area contributed by atoms with Crippen LogP contribution in [0.3, 0.4) is 0 Å². The van der Waals surface area contributed by atoms with Crippen LogP contribution in [-0.2, 0) is 0 Å². The Bertz CT molecular complexity index is 456. The highest BCUT2D eigenvalue weighted by Gasteiger charge is 2.26. The zero-order valence-corrected chi connectivity index (χ0v) is 11.7. The molecule has 0 unspecified atom stereocenters. The Labute approximate surface area is 118 Å². The van der Waals surface area contributed by atoms with E-state index in [0.29, 0.717) is 5.92 Å². The number of benzene rings is 1. The molecule has 1 aliphatic heterocycles. The van der Waals surface area contributed by atoms with Crippen molar-refractivity contribution in [2.75, 3.05) is 25.0 Å². The highest BCUT2D eigenvalue weighted by Crippen LogP contribution is 2.44. The lowest BCUT2D eigenvalue weighted by Gasteiger charge is -2.11. The van der Waals surface area contributed by atoms with Crippen molar-refractivity contribution >= 4 is 35.5 Å². The van der Waals surface area contributed by atoms with Gasteiger partial charge in [0.2, 0.25) is 0 Å². The molecule has 1 aromatic carbocycles. The van der Waals surface area contributed by atoms with E-state index in [2.05, 4.69) is 27.8 Å². The molecule has 1 aromatic rings. The third kappa shape index (κ3) is 2.90. The average Bonchev–Trinajstić information content (AvgIpc) is 3.04. The molecule has 1 heterocycles.